The first kappa shape index (κ1) is 16.8. The molecule has 0 heterocycles. The molecule has 122 valence electrons. The highest BCUT2D eigenvalue weighted by molar-refractivity contribution is 5.91. The summed E-state index contributed by atoms with van der Waals surface area (Å²) >= 11 is 0. The van der Waals surface area contributed by atoms with Crippen LogP contribution in [0.4, 0.5) is 10.2 Å². The molecule has 0 radical (unpaired) electrons. The average molecular weight is 317 g/mol. The Morgan fingerprint density at radius 1 is 1.17 bits per heavy atom. The number of hydrogen-bond acceptors (Lipinski definition) is 4. The number of ether oxygens (including phenoxy) is 1. The molecule has 0 aliphatic carbocycles. The van der Waals surface area contributed by atoms with Crippen molar-refractivity contribution < 1.29 is 19.0 Å². The van der Waals surface area contributed by atoms with Gasteiger partial charge in [0.15, 0.2) is 0 Å². The Balaban J connectivity index is 1.98. The van der Waals surface area contributed by atoms with E-state index in [1.807, 2.05) is 38.1 Å². The third kappa shape index (κ3) is 4.71. The van der Waals surface area contributed by atoms with E-state index in [1.54, 1.807) is 25.1 Å². The molecular formula is C18H20FNO3. The monoisotopic (exact) mass is 317 g/mol. The van der Waals surface area contributed by atoms with Crippen molar-refractivity contribution in [2.45, 2.75) is 33.4 Å². The van der Waals surface area contributed by atoms with E-state index in [2.05, 4.69) is 10.3 Å². The molecule has 2 rings (SSSR count). The van der Waals surface area contributed by atoms with Crippen molar-refractivity contribution in [2.75, 3.05) is 5.32 Å². The zero-order valence-corrected chi connectivity index (χ0v) is 13.4. The average Bonchev–Trinajstić information content (AvgIpc) is 2.53. The number of carbonyl (C=O) groups is 1. The van der Waals surface area contributed by atoms with E-state index in [4.69, 9.17) is 4.74 Å². The lowest BCUT2D eigenvalue weighted by Crippen LogP contribution is -2.06. The van der Waals surface area contributed by atoms with E-state index in [9.17, 15) is 9.32 Å². The first-order valence-corrected chi connectivity index (χ1v) is 7.42. The maximum atomic E-state index is 12.0. The molecule has 2 aromatic carbocycles. The van der Waals surface area contributed by atoms with Crippen molar-refractivity contribution in [2.24, 2.45) is 0 Å². The largest absolute Gasteiger partial charge is 0.491 e. The molecule has 0 spiro atoms. The van der Waals surface area contributed by atoms with Gasteiger partial charge in [0.1, 0.15) is 5.75 Å². The molecule has 0 saturated carbocycles. The van der Waals surface area contributed by atoms with Crippen LogP contribution in [-0.2, 0) is 11.5 Å². The van der Waals surface area contributed by atoms with Gasteiger partial charge in [0.25, 0.3) is 0 Å². The Hall–Kier alpha value is -2.56. The molecule has 4 nitrogen and oxygen atoms in total. The van der Waals surface area contributed by atoms with Gasteiger partial charge in [0.05, 0.1) is 11.7 Å². The molecule has 1 N–H and O–H groups in total. The van der Waals surface area contributed by atoms with Gasteiger partial charge in [-0.25, -0.2) is 9.74 Å². The van der Waals surface area contributed by atoms with Crippen LogP contribution in [0.3, 0.4) is 0 Å². The van der Waals surface area contributed by atoms with E-state index in [0.717, 1.165) is 17.0 Å². The fourth-order valence-corrected chi connectivity index (χ4v) is 2.21. The fraction of sp³-hybridized carbons (Fsp3) is 0.278. The van der Waals surface area contributed by atoms with Crippen molar-refractivity contribution >= 4 is 11.7 Å². The van der Waals surface area contributed by atoms with Gasteiger partial charge < -0.3 is 10.1 Å². The van der Waals surface area contributed by atoms with Crippen LogP contribution >= 0.6 is 0 Å². The molecule has 23 heavy (non-hydrogen) atoms. The quantitative estimate of drug-likeness (QED) is 0.856. The minimum Gasteiger partial charge on any atom is -0.491 e. The van der Waals surface area contributed by atoms with Crippen molar-refractivity contribution in [3.05, 3.63) is 59.2 Å². The highest BCUT2D eigenvalue weighted by Gasteiger charge is 2.11. The summed E-state index contributed by atoms with van der Waals surface area (Å²) in [5.74, 6) is -0.136. The molecular weight excluding hydrogens is 297 g/mol. The second-order valence-electron chi connectivity index (χ2n) is 5.56. The first-order chi connectivity index (χ1) is 11.0. The maximum absolute atomic E-state index is 12.0. The molecule has 5 heteroatoms. The van der Waals surface area contributed by atoms with Gasteiger partial charge in [-0.2, -0.15) is 0 Å². The van der Waals surface area contributed by atoms with Crippen LogP contribution in [-0.4, -0.2) is 12.1 Å². The standard InChI is InChI=1S/C18H20FNO3/c1-12(2)22-16-7-4-14(5-8-16)11-20-15-6-9-17(13(3)10-15)18(21)23-19/h4-10,12,20H,11H2,1-3H3. The van der Waals surface area contributed by atoms with Gasteiger partial charge in [-0.3, -0.25) is 0 Å². The van der Waals surface area contributed by atoms with Gasteiger partial charge in [0.2, 0.25) is 0 Å². The zero-order chi connectivity index (χ0) is 16.8. The summed E-state index contributed by atoms with van der Waals surface area (Å²) in [7, 11) is 0. The minimum absolute atomic E-state index is 0.150. The summed E-state index contributed by atoms with van der Waals surface area (Å²) in [5.41, 5.74) is 2.82. The summed E-state index contributed by atoms with van der Waals surface area (Å²) < 4.78 is 17.6. The number of benzene rings is 2. The summed E-state index contributed by atoms with van der Waals surface area (Å²) in [6.45, 7) is 6.34. The lowest BCUT2D eigenvalue weighted by molar-refractivity contribution is -0.0788. The Kier molecular flexibility index (Phi) is 5.57. The second kappa shape index (κ2) is 7.63. The molecule has 2 aromatic rings. The Morgan fingerprint density at radius 3 is 2.43 bits per heavy atom. The third-order valence-corrected chi connectivity index (χ3v) is 3.31. The van der Waals surface area contributed by atoms with E-state index in [1.165, 1.54) is 0 Å². The van der Waals surface area contributed by atoms with Crippen LogP contribution < -0.4 is 10.1 Å². The van der Waals surface area contributed by atoms with Gasteiger partial charge in [-0.05, 0) is 62.2 Å². The van der Waals surface area contributed by atoms with Gasteiger partial charge in [-0.1, -0.05) is 12.1 Å². The smallest absolute Gasteiger partial charge is 0.379 e. The van der Waals surface area contributed by atoms with E-state index in [-0.39, 0.29) is 11.7 Å². The molecule has 0 aliphatic rings. The second-order valence-corrected chi connectivity index (χ2v) is 5.56. The lowest BCUT2D eigenvalue weighted by atomic mass is 10.1. The van der Waals surface area contributed by atoms with E-state index >= 15 is 0 Å². The van der Waals surface area contributed by atoms with Crippen molar-refractivity contribution in [1.82, 2.24) is 0 Å². The Morgan fingerprint density at radius 2 is 1.87 bits per heavy atom. The number of rotatable bonds is 6. The molecule has 0 bridgehead atoms. The number of hydrogen-bond donors (Lipinski definition) is 1. The predicted octanol–water partition coefficient (Wildman–Crippen LogP) is 4.44. The van der Waals surface area contributed by atoms with Gasteiger partial charge in [-0.15, -0.1) is 0 Å². The molecule has 0 amide bonds. The van der Waals surface area contributed by atoms with Crippen LogP contribution in [0.25, 0.3) is 0 Å². The van der Waals surface area contributed by atoms with Gasteiger partial charge in [0, 0.05) is 16.8 Å². The highest BCUT2D eigenvalue weighted by Crippen LogP contribution is 2.18. The number of carbonyl (C=O) groups excluding carboxylic acids is 1. The summed E-state index contributed by atoms with van der Waals surface area (Å²) in [6, 6.07) is 12.9. The van der Waals surface area contributed by atoms with E-state index < -0.39 is 5.97 Å². The first-order valence-electron chi connectivity index (χ1n) is 7.42. The van der Waals surface area contributed by atoms with Crippen molar-refractivity contribution in [1.29, 1.82) is 0 Å². The van der Waals surface area contributed by atoms with Crippen LogP contribution in [0.1, 0.15) is 35.3 Å². The summed E-state index contributed by atoms with van der Waals surface area (Å²) in [4.78, 5) is 14.5. The normalized spacial score (nSPS) is 10.5. The number of halogens is 1. The molecule has 0 atom stereocenters. The number of anilines is 1. The Labute approximate surface area is 135 Å². The molecule has 0 aliphatic heterocycles. The topological polar surface area (TPSA) is 47.6 Å². The fourth-order valence-electron chi connectivity index (χ4n) is 2.21. The summed E-state index contributed by atoms with van der Waals surface area (Å²) in [6.07, 6.45) is 0.150. The summed E-state index contributed by atoms with van der Waals surface area (Å²) in [5, 5.41) is 3.26. The van der Waals surface area contributed by atoms with Crippen LogP contribution in [0.5, 0.6) is 5.75 Å². The predicted molar refractivity (Wildman–Crippen MR) is 87.2 cm³/mol. The molecule has 0 saturated heterocycles. The molecule has 0 fully saturated rings. The Bertz CT molecular complexity index is 668. The third-order valence-electron chi connectivity index (χ3n) is 3.31. The van der Waals surface area contributed by atoms with Crippen LogP contribution in [0.15, 0.2) is 42.5 Å². The maximum Gasteiger partial charge on any atom is 0.379 e. The highest BCUT2D eigenvalue weighted by atomic mass is 19.3. The van der Waals surface area contributed by atoms with Crippen molar-refractivity contribution in [3.8, 4) is 5.75 Å². The zero-order valence-electron chi connectivity index (χ0n) is 13.4. The van der Waals surface area contributed by atoms with E-state index in [0.29, 0.717) is 12.1 Å². The SMILES string of the molecule is Cc1cc(NCc2ccc(OC(C)C)cc2)ccc1C(=O)OF. The van der Waals surface area contributed by atoms with Crippen molar-refractivity contribution in [3.63, 3.8) is 0 Å². The van der Waals surface area contributed by atoms with Crippen LogP contribution in [0, 0.1) is 6.92 Å². The number of nitrogens with one attached hydrogen (secondary N) is 1. The minimum atomic E-state index is -0.977. The van der Waals surface area contributed by atoms with Gasteiger partial charge >= 0.3 is 5.97 Å². The molecule has 0 unspecified atom stereocenters. The van der Waals surface area contributed by atoms with Crippen LogP contribution in [0.2, 0.25) is 0 Å². The number of aryl methyl sites for hydroxylation is 1. The lowest BCUT2D eigenvalue weighted by Gasteiger charge is -2.11. The molecule has 0 aromatic heterocycles.